The third-order valence-corrected chi connectivity index (χ3v) is 4.22. The Morgan fingerprint density at radius 1 is 1.50 bits per heavy atom. The van der Waals surface area contributed by atoms with Crippen LogP contribution in [0.1, 0.15) is 30.5 Å². The lowest BCUT2D eigenvalue weighted by atomic mass is 10.0. The highest BCUT2D eigenvalue weighted by Gasteiger charge is 2.34. The van der Waals surface area contributed by atoms with Crippen LogP contribution in [0.4, 0.5) is 0 Å². The Morgan fingerprint density at radius 2 is 2.22 bits per heavy atom. The molecule has 3 N–H and O–H groups in total. The molecule has 2 atom stereocenters. The van der Waals surface area contributed by atoms with E-state index in [4.69, 9.17) is 28.9 Å². The van der Waals surface area contributed by atoms with Crippen LogP contribution in [0.5, 0.6) is 0 Å². The zero-order chi connectivity index (χ0) is 13.3. The Bertz CT molecular complexity index is 435. The maximum Gasteiger partial charge on any atom is 0.0587 e. The van der Waals surface area contributed by atoms with Gasteiger partial charge in [0.25, 0.3) is 0 Å². The van der Waals surface area contributed by atoms with Crippen LogP contribution in [0.25, 0.3) is 0 Å². The molecule has 0 fully saturated rings. The summed E-state index contributed by atoms with van der Waals surface area (Å²) >= 11 is 12.3. The highest BCUT2D eigenvalue weighted by Crippen LogP contribution is 2.40. The van der Waals surface area contributed by atoms with E-state index < -0.39 is 0 Å². The Kier molecular flexibility index (Phi) is 4.51. The van der Waals surface area contributed by atoms with Gasteiger partial charge >= 0.3 is 0 Å². The van der Waals surface area contributed by atoms with Gasteiger partial charge in [0.1, 0.15) is 0 Å². The van der Waals surface area contributed by atoms with Crippen molar-refractivity contribution in [3.05, 3.63) is 33.3 Å². The van der Waals surface area contributed by atoms with Crippen molar-refractivity contribution in [2.75, 3.05) is 13.2 Å². The number of aliphatic hydroxyl groups excluding tert-OH is 1. The maximum absolute atomic E-state index is 9.46. The fourth-order valence-electron chi connectivity index (χ4n) is 2.67. The third kappa shape index (κ3) is 2.38. The van der Waals surface area contributed by atoms with E-state index in [2.05, 4.69) is 11.8 Å². The molecule has 2 unspecified atom stereocenters. The molecule has 0 spiro atoms. The number of hydrogen-bond donors (Lipinski definition) is 2. The van der Waals surface area contributed by atoms with Gasteiger partial charge in [0, 0.05) is 35.2 Å². The van der Waals surface area contributed by atoms with E-state index >= 15 is 0 Å². The molecule has 2 rings (SSSR count). The Morgan fingerprint density at radius 3 is 2.78 bits per heavy atom. The van der Waals surface area contributed by atoms with E-state index in [0.29, 0.717) is 16.6 Å². The van der Waals surface area contributed by atoms with Gasteiger partial charge in [-0.1, -0.05) is 30.1 Å². The molecule has 1 aromatic rings. The first-order valence-electron chi connectivity index (χ1n) is 6.16. The third-order valence-electron chi connectivity index (χ3n) is 3.67. The minimum Gasteiger partial charge on any atom is -0.395 e. The molecule has 1 heterocycles. The lowest BCUT2D eigenvalue weighted by molar-refractivity contribution is 0.0895. The van der Waals surface area contributed by atoms with Gasteiger partial charge in [-0.3, -0.25) is 4.90 Å². The zero-order valence-corrected chi connectivity index (χ0v) is 11.9. The molecule has 0 amide bonds. The maximum atomic E-state index is 9.46. The Hall–Kier alpha value is -0.320. The second-order valence-corrected chi connectivity index (χ2v) is 5.47. The van der Waals surface area contributed by atoms with Gasteiger partial charge in [-0.25, -0.2) is 0 Å². The molecule has 1 aliphatic rings. The fourth-order valence-corrected chi connectivity index (χ4v) is 3.24. The van der Waals surface area contributed by atoms with Crippen LogP contribution in [-0.2, 0) is 6.54 Å². The van der Waals surface area contributed by atoms with Crippen LogP contribution >= 0.6 is 23.2 Å². The van der Waals surface area contributed by atoms with E-state index in [1.165, 1.54) is 0 Å². The molecule has 1 aliphatic heterocycles. The van der Waals surface area contributed by atoms with Crippen molar-refractivity contribution in [1.82, 2.24) is 4.90 Å². The van der Waals surface area contributed by atoms with Gasteiger partial charge in [-0.05, 0) is 29.7 Å². The lowest BCUT2D eigenvalue weighted by Gasteiger charge is -2.30. The van der Waals surface area contributed by atoms with Gasteiger partial charge < -0.3 is 10.8 Å². The Balaban J connectivity index is 2.39. The number of benzene rings is 1. The van der Waals surface area contributed by atoms with E-state index in [1.54, 1.807) is 6.07 Å². The summed E-state index contributed by atoms with van der Waals surface area (Å²) in [6.07, 6.45) is 0.881. The smallest absolute Gasteiger partial charge is 0.0587 e. The van der Waals surface area contributed by atoms with E-state index in [0.717, 1.165) is 24.1 Å². The van der Waals surface area contributed by atoms with Crippen molar-refractivity contribution in [3.8, 4) is 0 Å². The molecule has 100 valence electrons. The van der Waals surface area contributed by atoms with Gasteiger partial charge in [-0.15, -0.1) is 0 Å². The second kappa shape index (κ2) is 5.76. The van der Waals surface area contributed by atoms with Crippen LogP contribution in [0.15, 0.2) is 12.1 Å². The van der Waals surface area contributed by atoms with E-state index in [-0.39, 0.29) is 18.7 Å². The van der Waals surface area contributed by atoms with Gasteiger partial charge in [-0.2, -0.15) is 0 Å². The Labute approximate surface area is 117 Å². The normalized spacial score (nSPS) is 21.1. The van der Waals surface area contributed by atoms with Crippen LogP contribution < -0.4 is 5.73 Å². The highest BCUT2D eigenvalue weighted by atomic mass is 35.5. The van der Waals surface area contributed by atoms with E-state index in [9.17, 15) is 5.11 Å². The first kappa shape index (κ1) is 14.1. The molecule has 5 heteroatoms. The van der Waals surface area contributed by atoms with Crippen LogP contribution in [0, 0.1) is 0 Å². The van der Waals surface area contributed by atoms with Crippen molar-refractivity contribution in [2.24, 2.45) is 5.73 Å². The topological polar surface area (TPSA) is 49.5 Å². The predicted molar refractivity (Wildman–Crippen MR) is 75.0 cm³/mol. The highest BCUT2D eigenvalue weighted by molar-refractivity contribution is 6.35. The monoisotopic (exact) mass is 288 g/mol. The van der Waals surface area contributed by atoms with Gasteiger partial charge in [0.15, 0.2) is 0 Å². The summed E-state index contributed by atoms with van der Waals surface area (Å²) in [5.41, 5.74) is 8.06. The fraction of sp³-hybridized carbons (Fsp3) is 0.538. The molecule has 0 saturated heterocycles. The number of fused-ring (bicyclic) bond motifs is 1. The number of rotatable bonds is 4. The number of halogens is 2. The van der Waals surface area contributed by atoms with Crippen molar-refractivity contribution in [2.45, 2.75) is 32.0 Å². The van der Waals surface area contributed by atoms with E-state index in [1.807, 2.05) is 6.07 Å². The largest absolute Gasteiger partial charge is 0.395 e. The second-order valence-electron chi connectivity index (χ2n) is 4.62. The van der Waals surface area contributed by atoms with Crippen LogP contribution in [-0.4, -0.2) is 29.2 Å². The molecule has 3 nitrogen and oxygen atoms in total. The van der Waals surface area contributed by atoms with Crippen molar-refractivity contribution in [3.63, 3.8) is 0 Å². The first-order valence-corrected chi connectivity index (χ1v) is 6.92. The summed E-state index contributed by atoms with van der Waals surface area (Å²) in [4.78, 5) is 2.22. The number of hydrogen-bond acceptors (Lipinski definition) is 3. The summed E-state index contributed by atoms with van der Waals surface area (Å²) in [5.74, 6) is 0. The lowest BCUT2D eigenvalue weighted by Crippen LogP contribution is -2.38. The quantitative estimate of drug-likeness (QED) is 0.895. The zero-order valence-electron chi connectivity index (χ0n) is 10.4. The van der Waals surface area contributed by atoms with Crippen molar-refractivity contribution in [1.29, 1.82) is 0 Å². The molecule has 18 heavy (non-hydrogen) atoms. The summed E-state index contributed by atoms with van der Waals surface area (Å²) < 4.78 is 0. The summed E-state index contributed by atoms with van der Waals surface area (Å²) in [7, 11) is 0. The van der Waals surface area contributed by atoms with Crippen LogP contribution in [0.3, 0.4) is 0 Å². The number of aliphatic hydroxyl groups is 1. The molecule has 0 aromatic heterocycles. The van der Waals surface area contributed by atoms with Crippen molar-refractivity contribution >= 4 is 23.2 Å². The van der Waals surface area contributed by atoms with Crippen LogP contribution in [0.2, 0.25) is 10.0 Å². The molecule has 0 bridgehead atoms. The molecule has 1 aromatic carbocycles. The summed E-state index contributed by atoms with van der Waals surface area (Å²) in [6.45, 7) is 3.42. The molecule has 0 radical (unpaired) electrons. The van der Waals surface area contributed by atoms with Gasteiger partial charge in [0.05, 0.1) is 6.61 Å². The number of nitrogens with two attached hydrogens (primary N) is 1. The molecular formula is C13H18Cl2N2O. The first-order chi connectivity index (χ1) is 8.62. The number of nitrogens with zero attached hydrogens (tertiary/aromatic N) is 1. The molecular weight excluding hydrogens is 271 g/mol. The average Bonchev–Trinajstić information content (AvgIpc) is 2.69. The predicted octanol–water partition coefficient (Wildman–Crippen LogP) is 2.58. The minimum absolute atomic E-state index is 0.0910. The summed E-state index contributed by atoms with van der Waals surface area (Å²) in [5, 5.41) is 10.8. The minimum atomic E-state index is 0.0910. The SMILES string of the molecule is CCC(CO)N1Cc2c(Cl)cc(Cl)cc2C1CN. The molecule has 0 saturated carbocycles. The standard InChI is InChI=1S/C13H18Cl2N2O/c1-2-9(7-18)17-6-11-10(13(17)5-16)3-8(14)4-12(11)15/h3-4,9,13,18H,2,5-7,16H2,1H3. The van der Waals surface area contributed by atoms with Gasteiger partial charge in [0.2, 0.25) is 0 Å². The molecule has 0 aliphatic carbocycles. The summed E-state index contributed by atoms with van der Waals surface area (Å²) in [6, 6.07) is 3.90. The average molecular weight is 289 g/mol. The van der Waals surface area contributed by atoms with Crippen molar-refractivity contribution < 1.29 is 5.11 Å².